The zero-order valence-corrected chi connectivity index (χ0v) is 14.3. The van der Waals surface area contributed by atoms with E-state index in [4.69, 9.17) is 4.74 Å². The van der Waals surface area contributed by atoms with Crippen molar-refractivity contribution in [1.29, 1.82) is 0 Å². The molecule has 2 heterocycles. The number of hydrogen-bond donors (Lipinski definition) is 0. The fourth-order valence-electron chi connectivity index (χ4n) is 3.47. The molecule has 0 unspecified atom stereocenters. The fourth-order valence-corrected chi connectivity index (χ4v) is 3.47. The average molecular weight is 299 g/mol. The molecule has 3 rings (SSSR count). The summed E-state index contributed by atoms with van der Waals surface area (Å²) in [6, 6.07) is 6.57. The van der Waals surface area contributed by atoms with Gasteiger partial charge in [0, 0.05) is 31.8 Å². The second kappa shape index (κ2) is 6.15. The van der Waals surface area contributed by atoms with Crippen LogP contribution in [0.4, 0.5) is 0 Å². The van der Waals surface area contributed by atoms with Crippen LogP contribution in [0.25, 0.3) is 10.9 Å². The summed E-state index contributed by atoms with van der Waals surface area (Å²) in [6.45, 7) is 6.36. The van der Waals surface area contributed by atoms with E-state index in [0.717, 1.165) is 31.7 Å². The average Bonchev–Trinajstić information content (AvgIpc) is 2.81. The summed E-state index contributed by atoms with van der Waals surface area (Å²) < 4.78 is 10.6. The quantitative estimate of drug-likeness (QED) is 0.607. The first kappa shape index (κ1) is 15.1. The number of nitrogens with zero attached hydrogens (tertiary/aromatic N) is 2. The maximum Gasteiger partial charge on any atom is 0.196 e. The van der Waals surface area contributed by atoms with Crippen molar-refractivity contribution in [2.24, 2.45) is 7.05 Å². The number of aromatic nitrogens is 1. The lowest BCUT2D eigenvalue weighted by molar-refractivity contribution is -0.498. The monoisotopic (exact) mass is 299 g/mol. The van der Waals surface area contributed by atoms with Gasteiger partial charge >= 0.3 is 0 Å². The number of ether oxygens (including phenoxy) is 1. The standard InChI is InChI=1S/C19H27N2O/c1-5-6-7-12-22-15-8-9-16-17-10-11-20(3)14(2)19(17)21(4)18(16)13-15/h8-9,13H,5-7,10-12H2,1-4H3/q+1. The lowest BCUT2D eigenvalue weighted by atomic mass is 10.0. The third-order valence-electron chi connectivity index (χ3n) is 4.91. The summed E-state index contributed by atoms with van der Waals surface area (Å²) in [4.78, 5) is 0. The molecule has 1 aliphatic heterocycles. The molecule has 1 aromatic heterocycles. The largest absolute Gasteiger partial charge is 0.494 e. The molecule has 0 bridgehead atoms. The van der Waals surface area contributed by atoms with Gasteiger partial charge in [-0.15, -0.1) is 0 Å². The number of aryl methyl sites for hydroxylation is 1. The van der Waals surface area contributed by atoms with E-state index in [9.17, 15) is 0 Å². The number of fused-ring (bicyclic) bond motifs is 3. The maximum atomic E-state index is 5.92. The Morgan fingerprint density at radius 2 is 2.09 bits per heavy atom. The summed E-state index contributed by atoms with van der Waals surface area (Å²) >= 11 is 0. The Kier molecular flexibility index (Phi) is 4.23. The summed E-state index contributed by atoms with van der Waals surface area (Å²) in [5, 5.41) is 1.38. The second-order valence-corrected chi connectivity index (χ2v) is 6.38. The highest BCUT2D eigenvalue weighted by Gasteiger charge is 2.26. The van der Waals surface area contributed by atoms with Gasteiger partial charge in [0.05, 0.1) is 12.1 Å². The number of rotatable bonds is 5. The fraction of sp³-hybridized carbons (Fsp3) is 0.526. The van der Waals surface area contributed by atoms with Crippen LogP contribution in [-0.4, -0.2) is 35.1 Å². The van der Waals surface area contributed by atoms with E-state index in [2.05, 4.69) is 55.3 Å². The van der Waals surface area contributed by atoms with Crippen molar-refractivity contribution >= 4 is 16.6 Å². The number of unbranched alkanes of at least 4 members (excludes halogenated alkanes) is 2. The Bertz CT molecular complexity index is 725. The van der Waals surface area contributed by atoms with Crippen LogP contribution in [0.1, 0.15) is 44.4 Å². The molecule has 0 saturated heterocycles. The van der Waals surface area contributed by atoms with Crippen LogP contribution in [0.15, 0.2) is 18.2 Å². The highest BCUT2D eigenvalue weighted by Crippen LogP contribution is 2.31. The first-order chi connectivity index (χ1) is 10.6. The van der Waals surface area contributed by atoms with Crippen LogP contribution in [0, 0.1) is 0 Å². The number of likely N-dealkylation sites (N-methyl/N-ethyl adjacent to an activating group) is 1. The molecule has 118 valence electrons. The molecule has 3 nitrogen and oxygen atoms in total. The van der Waals surface area contributed by atoms with Crippen LogP contribution in [-0.2, 0) is 13.5 Å². The van der Waals surface area contributed by atoms with Gasteiger partial charge in [0.25, 0.3) is 0 Å². The molecule has 0 spiro atoms. The van der Waals surface area contributed by atoms with Gasteiger partial charge in [-0.05, 0) is 24.1 Å². The van der Waals surface area contributed by atoms with E-state index in [1.807, 2.05) is 0 Å². The minimum absolute atomic E-state index is 0.817. The molecule has 0 amide bonds. The zero-order valence-electron chi connectivity index (χ0n) is 14.3. The van der Waals surface area contributed by atoms with Gasteiger partial charge in [-0.3, -0.25) is 0 Å². The summed E-state index contributed by atoms with van der Waals surface area (Å²) in [6.07, 6.45) is 4.73. The molecule has 0 radical (unpaired) electrons. The Morgan fingerprint density at radius 3 is 2.86 bits per heavy atom. The Balaban J connectivity index is 1.95. The molecule has 2 aromatic rings. The van der Waals surface area contributed by atoms with Crippen LogP contribution in [0.5, 0.6) is 5.75 Å². The van der Waals surface area contributed by atoms with Crippen molar-refractivity contribution < 1.29 is 9.31 Å². The minimum atomic E-state index is 0.817. The highest BCUT2D eigenvalue weighted by atomic mass is 16.5. The molecule has 1 aliphatic rings. The van der Waals surface area contributed by atoms with Crippen molar-refractivity contribution in [2.75, 3.05) is 20.2 Å². The SMILES string of the molecule is CCCCCOc1ccc2c3c(n(C)c2c1)C(C)=[N+](C)CC3. The van der Waals surface area contributed by atoms with Gasteiger partial charge in [-0.2, -0.15) is 0 Å². The van der Waals surface area contributed by atoms with Crippen molar-refractivity contribution in [3.63, 3.8) is 0 Å². The van der Waals surface area contributed by atoms with Crippen molar-refractivity contribution in [1.82, 2.24) is 4.57 Å². The smallest absolute Gasteiger partial charge is 0.196 e. The van der Waals surface area contributed by atoms with Gasteiger partial charge in [-0.25, -0.2) is 4.58 Å². The minimum Gasteiger partial charge on any atom is -0.494 e. The van der Waals surface area contributed by atoms with E-state index in [1.165, 1.54) is 40.7 Å². The zero-order chi connectivity index (χ0) is 15.7. The molecule has 0 atom stereocenters. The van der Waals surface area contributed by atoms with Gasteiger partial charge < -0.3 is 9.30 Å². The van der Waals surface area contributed by atoms with E-state index >= 15 is 0 Å². The van der Waals surface area contributed by atoms with Crippen LogP contribution >= 0.6 is 0 Å². The van der Waals surface area contributed by atoms with Crippen molar-refractivity contribution in [3.8, 4) is 5.75 Å². The van der Waals surface area contributed by atoms with E-state index < -0.39 is 0 Å². The van der Waals surface area contributed by atoms with Gasteiger partial charge in [0.2, 0.25) is 0 Å². The summed E-state index contributed by atoms with van der Waals surface area (Å²) in [5.74, 6) is 0.993. The van der Waals surface area contributed by atoms with Gasteiger partial charge in [0.1, 0.15) is 25.0 Å². The van der Waals surface area contributed by atoms with E-state index in [1.54, 1.807) is 0 Å². The molecule has 1 aromatic carbocycles. The molecular formula is C19H27N2O+. The molecule has 0 aliphatic carbocycles. The summed E-state index contributed by atoms with van der Waals surface area (Å²) in [5.41, 5.74) is 5.52. The normalized spacial score (nSPS) is 14.5. The molecule has 0 fully saturated rings. The molecule has 3 heteroatoms. The van der Waals surface area contributed by atoms with Crippen LogP contribution in [0.2, 0.25) is 0 Å². The summed E-state index contributed by atoms with van der Waals surface area (Å²) in [7, 11) is 4.35. The van der Waals surface area contributed by atoms with Gasteiger partial charge in [-0.1, -0.05) is 19.8 Å². The maximum absolute atomic E-state index is 5.92. The Labute approximate surface area is 133 Å². The Hall–Kier alpha value is -1.77. The van der Waals surface area contributed by atoms with Crippen molar-refractivity contribution in [2.45, 2.75) is 39.5 Å². The first-order valence-corrected chi connectivity index (χ1v) is 8.42. The lowest BCUT2D eigenvalue weighted by Crippen LogP contribution is -2.26. The van der Waals surface area contributed by atoms with E-state index in [-0.39, 0.29) is 0 Å². The third kappa shape index (κ3) is 2.53. The molecule has 22 heavy (non-hydrogen) atoms. The second-order valence-electron chi connectivity index (χ2n) is 6.38. The third-order valence-corrected chi connectivity index (χ3v) is 4.91. The molecule has 0 N–H and O–H groups in total. The lowest BCUT2D eigenvalue weighted by Gasteiger charge is -2.12. The first-order valence-electron chi connectivity index (χ1n) is 8.42. The van der Waals surface area contributed by atoms with E-state index in [0.29, 0.717) is 0 Å². The predicted molar refractivity (Wildman–Crippen MR) is 92.5 cm³/mol. The van der Waals surface area contributed by atoms with Gasteiger partial charge in [0.15, 0.2) is 5.71 Å². The predicted octanol–water partition coefficient (Wildman–Crippen LogP) is 3.75. The Morgan fingerprint density at radius 1 is 1.27 bits per heavy atom. The molecular weight excluding hydrogens is 272 g/mol. The molecule has 0 saturated carbocycles. The number of benzene rings is 1. The highest BCUT2D eigenvalue weighted by molar-refractivity contribution is 6.03. The van der Waals surface area contributed by atoms with Crippen LogP contribution in [0.3, 0.4) is 0 Å². The van der Waals surface area contributed by atoms with Crippen molar-refractivity contribution in [3.05, 3.63) is 29.5 Å². The van der Waals surface area contributed by atoms with Crippen LogP contribution < -0.4 is 4.74 Å². The topological polar surface area (TPSA) is 17.2 Å². The number of hydrogen-bond acceptors (Lipinski definition) is 1.